The van der Waals surface area contributed by atoms with Crippen LogP contribution in [0, 0.1) is 0 Å². The highest BCUT2D eigenvalue weighted by atomic mass is 32.2. The van der Waals surface area contributed by atoms with Gasteiger partial charge in [0.15, 0.2) is 0 Å². The predicted octanol–water partition coefficient (Wildman–Crippen LogP) is 3.09. The van der Waals surface area contributed by atoms with Gasteiger partial charge in [-0.05, 0) is 42.4 Å². The van der Waals surface area contributed by atoms with Crippen molar-refractivity contribution in [2.24, 2.45) is 0 Å². The first-order valence-corrected chi connectivity index (χ1v) is 8.81. The van der Waals surface area contributed by atoms with Crippen molar-refractivity contribution in [2.45, 2.75) is 37.9 Å². The van der Waals surface area contributed by atoms with E-state index in [1.165, 1.54) is 23.9 Å². The molecular weight excluding hydrogens is 316 g/mol. The molecule has 1 aliphatic rings. The lowest BCUT2D eigenvalue weighted by Gasteiger charge is -2.20. The fraction of sp³-hybridized carbons (Fsp3) is 0.412. The second-order valence-electron chi connectivity index (χ2n) is 5.72. The molecule has 0 saturated carbocycles. The lowest BCUT2D eigenvalue weighted by molar-refractivity contribution is -0.136. The van der Waals surface area contributed by atoms with E-state index in [0.717, 1.165) is 47.8 Å². The fourth-order valence-electron chi connectivity index (χ4n) is 3.14. The molecule has 0 bridgehead atoms. The SMILES string of the molecule is O=C(O)CCSCc1cc(=O)oc2cc(O)c3c(c12)CCCC3. The van der Waals surface area contributed by atoms with E-state index in [9.17, 15) is 14.7 Å². The molecule has 0 unspecified atom stereocenters. The molecule has 6 heteroatoms. The number of carbonyl (C=O) groups is 1. The Bertz CT molecular complexity index is 809. The minimum Gasteiger partial charge on any atom is -0.508 e. The van der Waals surface area contributed by atoms with Gasteiger partial charge in [-0.15, -0.1) is 0 Å². The first-order valence-electron chi connectivity index (χ1n) is 7.66. The molecule has 1 aromatic carbocycles. The van der Waals surface area contributed by atoms with Crippen molar-refractivity contribution in [2.75, 3.05) is 5.75 Å². The highest BCUT2D eigenvalue weighted by molar-refractivity contribution is 7.98. The molecule has 5 nitrogen and oxygen atoms in total. The van der Waals surface area contributed by atoms with Gasteiger partial charge in [-0.25, -0.2) is 4.79 Å². The average molecular weight is 334 g/mol. The standard InChI is InChI=1S/C17H18O5S/c18-13-8-14-17(12-4-2-1-3-11(12)13)10(7-16(21)22-14)9-23-6-5-15(19)20/h7-8,18H,1-6,9H2,(H,19,20). The topological polar surface area (TPSA) is 87.7 Å². The van der Waals surface area contributed by atoms with Crippen LogP contribution in [0.3, 0.4) is 0 Å². The maximum Gasteiger partial charge on any atom is 0.336 e. The zero-order valence-electron chi connectivity index (χ0n) is 12.6. The maximum atomic E-state index is 11.8. The van der Waals surface area contributed by atoms with Crippen molar-refractivity contribution in [1.29, 1.82) is 0 Å². The molecule has 2 N–H and O–H groups in total. The third kappa shape index (κ3) is 3.37. The van der Waals surface area contributed by atoms with Crippen molar-refractivity contribution in [3.05, 3.63) is 39.2 Å². The van der Waals surface area contributed by atoms with Crippen LogP contribution in [0.25, 0.3) is 11.0 Å². The van der Waals surface area contributed by atoms with Crippen molar-refractivity contribution < 1.29 is 19.4 Å². The number of carboxylic acids is 1. The van der Waals surface area contributed by atoms with Gasteiger partial charge in [-0.2, -0.15) is 11.8 Å². The summed E-state index contributed by atoms with van der Waals surface area (Å²) in [5, 5.41) is 19.8. The van der Waals surface area contributed by atoms with Gasteiger partial charge in [0.1, 0.15) is 11.3 Å². The molecule has 0 radical (unpaired) electrons. The smallest absolute Gasteiger partial charge is 0.336 e. The normalized spacial score (nSPS) is 13.9. The Morgan fingerprint density at radius 1 is 1.22 bits per heavy atom. The highest BCUT2D eigenvalue weighted by Gasteiger charge is 2.20. The van der Waals surface area contributed by atoms with Crippen LogP contribution in [0.1, 0.15) is 36.0 Å². The number of aliphatic carboxylic acids is 1. The number of aromatic hydroxyl groups is 1. The van der Waals surface area contributed by atoms with Gasteiger partial charge >= 0.3 is 11.6 Å². The number of phenols is 1. The summed E-state index contributed by atoms with van der Waals surface area (Å²) in [7, 11) is 0. The number of thioether (sulfide) groups is 1. The van der Waals surface area contributed by atoms with Crippen LogP contribution in [0.4, 0.5) is 0 Å². The number of benzene rings is 1. The number of aryl methyl sites for hydroxylation is 1. The largest absolute Gasteiger partial charge is 0.508 e. The summed E-state index contributed by atoms with van der Waals surface area (Å²) in [6.45, 7) is 0. The Labute approximate surface area is 137 Å². The fourth-order valence-corrected chi connectivity index (χ4v) is 4.05. The van der Waals surface area contributed by atoms with E-state index in [1.807, 2.05) is 0 Å². The molecule has 122 valence electrons. The van der Waals surface area contributed by atoms with E-state index in [1.54, 1.807) is 0 Å². The van der Waals surface area contributed by atoms with Gasteiger partial charge in [-0.1, -0.05) is 0 Å². The molecule has 2 aromatic rings. The van der Waals surface area contributed by atoms with Crippen molar-refractivity contribution in [3.63, 3.8) is 0 Å². The van der Waals surface area contributed by atoms with Gasteiger partial charge in [0.05, 0.1) is 6.42 Å². The molecule has 1 aromatic heterocycles. The molecule has 1 aliphatic carbocycles. The molecule has 0 saturated heterocycles. The molecule has 23 heavy (non-hydrogen) atoms. The predicted molar refractivity (Wildman–Crippen MR) is 89.2 cm³/mol. The third-order valence-electron chi connectivity index (χ3n) is 4.13. The molecule has 0 spiro atoms. The van der Waals surface area contributed by atoms with Gasteiger partial charge < -0.3 is 14.6 Å². The van der Waals surface area contributed by atoms with E-state index < -0.39 is 11.6 Å². The molecule has 0 fully saturated rings. The Morgan fingerprint density at radius 2 is 1.96 bits per heavy atom. The molecule has 3 rings (SSSR count). The second kappa shape index (κ2) is 6.66. The van der Waals surface area contributed by atoms with E-state index in [-0.39, 0.29) is 12.2 Å². The monoisotopic (exact) mass is 334 g/mol. The van der Waals surface area contributed by atoms with E-state index in [4.69, 9.17) is 9.52 Å². The van der Waals surface area contributed by atoms with Crippen molar-refractivity contribution in [3.8, 4) is 5.75 Å². The Morgan fingerprint density at radius 3 is 2.70 bits per heavy atom. The van der Waals surface area contributed by atoms with E-state index >= 15 is 0 Å². The summed E-state index contributed by atoms with van der Waals surface area (Å²) < 4.78 is 5.27. The first kappa shape index (κ1) is 15.9. The van der Waals surface area contributed by atoms with E-state index in [0.29, 0.717) is 17.1 Å². The van der Waals surface area contributed by atoms with Crippen molar-refractivity contribution >= 4 is 28.7 Å². The number of rotatable bonds is 5. The quantitative estimate of drug-likeness (QED) is 0.645. The van der Waals surface area contributed by atoms with Crippen molar-refractivity contribution in [1.82, 2.24) is 0 Å². The molecule has 1 heterocycles. The van der Waals surface area contributed by atoms with Crippen LogP contribution in [0.5, 0.6) is 5.75 Å². The number of fused-ring (bicyclic) bond motifs is 3. The average Bonchev–Trinajstić information content (AvgIpc) is 2.51. The summed E-state index contributed by atoms with van der Waals surface area (Å²) in [5.74, 6) is 0.437. The lowest BCUT2D eigenvalue weighted by atomic mass is 9.87. The zero-order valence-corrected chi connectivity index (χ0v) is 13.4. The van der Waals surface area contributed by atoms with E-state index in [2.05, 4.69) is 0 Å². The number of carboxylic acid groups (broad SMARTS) is 1. The molecule has 0 amide bonds. The Hall–Kier alpha value is -1.95. The number of phenolic OH excluding ortho intramolecular Hbond substituents is 1. The number of hydrogen-bond acceptors (Lipinski definition) is 5. The van der Waals surface area contributed by atoms with Gasteiger partial charge in [-0.3, -0.25) is 4.79 Å². The summed E-state index contributed by atoms with van der Waals surface area (Å²) in [6.07, 6.45) is 3.90. The van der Waals surface area contributed by atoms with Crippen LogP contribution in [0.15, 0.2) is 21.3 Å². The molecule has 0 aliphatic heterocycles. The number of hydrogen-bond donors (Lipinski definition) is 2. The van der Waals surface area contributed by atoms with Crippen LogP contribution in [-0.2, 0) is 23.4 Å². The Kier molecular flexibility index (Phi) is 4.61. The van der Waals surface area contributed by atoms with Crippen LogP contribution in [0.2, 0.25) is 0 Å². The van der Waals surface area contributed by atoms with Crippen LogP contribution >= 0.6 is 11.8 Å². The minimum atomic E-state index is -0.822. The summed E-state index contributed by atoms with van der Waals surface area (Å²) in [5.41, 5.74) is 2.87. The first-order chi connectivity index (χ1) is 11.1. The summed E-state index contributed by atoms with van der Waals surface area (Å²) >= 11 is 1.49. The highest BCUT2D eigenvalue weighted by Crippen LogP contribution is 2.37. The minimum absolute atomic E-state index is 0.100. The second-order valence-corrected chi connectivity index (χ2v) is 6.83. The van der Waals surface area contributed by atoms with Gasteiger partial charge in [0, 0.05) is 29.0 Å². The molecule has 0 atom stereocenters. The summed E-state index contributed by atoms with van der Waals surface area (Å²) in [6, 6.07) is 3.02. The van der Waals surface area contributed by atoms with Gasteiger partial charge in [0.2, 0.25) is 0 Å². The molecular formula is C17H18O5S. The van der Waals surface area contributed by atoms with Gasteiger partial charge in [0.25, 0.3) is 0 Å². The van der Waals surface area contributed by atoms with Crippen LogP contribution < -0.4 is 5.63 Å². The zero-order chi connectivity index (χ0) is 16.4. The van der Waals surface area contributed by atoms with Crippen LogP contribution in [-0.4, -0.2) is 21.9 Å². The Balaban J connectivity index is 2.02. The summed E-state index contributed by atoms with van der Waals surface area (Å²) in [4.78, 5) is 22.4. The lowest BCUT2D eigenvalue weighted by Crippen LogP contribution is -2.08. The third-order valence-corrected chi connectivity index (χ3v) is 5.14. The maximum absolute atomic E-state index is 11.8.